The van der Waals surface area contributed by atoms with E-state index in [1.165, 1.54) is 12.5 Å². The molecule has 0 spiro atoms. The molecular weight excluding hydrogens is 266 g/mol. The highest BCUT2D eigenvalue weighted by Gasteiger charge is 2.15. The molecule has 8 heteroatoms. The van der Waals surface area contributed by atoms with E-state index in [9.17, 15) is 8.42 Å². The molecule has 2 N–H and O–H groups in total. The molecule has 19 heavy (non-hydrogen) atoms. The number of hydrogen-bond donors (Lipinski definition) is 2. The smallest absolute Gasteiger partial charge is 0.278 e. The molecule has 7 nitrogen and oxygen atoms in total. The molecule has 0 unspecified atom stereocenters. The van der Waals surface area contributed by atoms with Gasteiger partial charge in [-0.2, -0.15) is 8.42 Å². The highest BCUT2D eigenvalue weighted by Crippen LogP contribution is 2.18. The van der Waals surface area contributed by atoms with Crippen molar-refractivity contribution in [3.63, 3.8) is 0 Å². The zero-order valence-corrected chi connectivity index (χ0v) is 10.4. The number of aromatic amines is 1. The molecule has 0 radical (unpaired) electrons. The lowest BCUT2D eigenvalue weighted by atomic mass is 10.3. The lowest BCUT2D eigenvalue weighted by Crippen LogP contribution is -2.13. The second-order valence-electron chi connectivity index (χ2n) is 3.78. The Morgan fingerprint density at radius 2 is 1.89 bits per heavy atom. The molecule has 0 bridgehead atoms. The van der Waals surface area contributed by atoms with E-state index >= 15 is 0 Å². The maximum atomic E-state index is 12.0. The number of sulfonamides is 1. The number of rotatable bonds is 3. The molecule has 96 valence electrons. The molecule has 0 saturated carbocycles. The van der Waals surface area contributed by atoms with E-state index in [4.69, 9.17) is 0 Å². The van der Waals surface area contributed by atoms with Crippen LogP contribution in [0.2, 0.25) is 0 Å². The first-order valence-electron chi connectivity index (χ1n) is 5.37. The van der Waals surface area contributed by atoms with Crippen LogP contribution in [-0.2, 0) is 10.0 Å². The molecule has 0 amide bonds. The Bertz CT molecular complexity index is 814. The van der Waals surface area contributed by atoms with E-state index in [1.807, 2.05) is 0 Å². The number of nitrogens with zero attached hydrogens (tertiary/aromatic N) is 3. The normalized spacial score (nSPS) is 11.6. The Morgan fingerprint density at radius 3 is 2.63 bits per heavy atom. The second-order valence-corrected chi connectivity index (χ2v) is 5.43. The zero-order valence-electron chi connectivity index (χ0n) is 9.61. The number of imidazole rings is 1. The number of H-pyrrole nitrogens is 1. The van der Waals surface area contributed by atoms with Crippen molar-refractivity contribution in [3.05, 3.63) is 43.1 Å². The number of hydrogen-bond acceptors (Lipinski definition) is 5. The number of nitrogens with one attached hydrogen (secondary N) is 2. The Kier molecular flexibility index (Phi) is 2.64. The topological polar surface area (TPSA) is 101 Å². The monoisotopic (exact) mass is 275 g/mol. The second kappa shape index (κ2) is 4.32. The van der Waals surface area contributed by atoms with Gasteiger partial charge in [0.2, 0.25) is 0 Å². The summed E-state index contributed by atoms with van der Waals surface area (Å²) in [5.41, 5.74) is 1.74. The third-order valence-electron chi connectivity index (χ3n) is 2.48. The van der Waals surface area contributed by atoms with Gasteiger partial charge < -0.3 is 4.98 Å². The molecule has 0 aliphatic carbocycles. The molecule has 3 rings (SSSR count). The Labute approximate surface area is 108 Å². The van der Waals surface area contributed by atoms with Crippen molar-refractivity contribution >= 4 is 26.7 Å². The summed E-state index contributed by atoms with van der Waals surface area (Å²) in [4.78, 5) is 14.5. The minimum absolute atomic E-state index is 0.00624. The van der Waals surface area contributed by atoms with Crippen LogP contribution in [0, 0.1) is 0 Å². The highest BCUT2D eigenvalue weighted by atomic mass is 32.2. The fourth-order valence-electron chi connectivity index (χ4n) is 1.63. The summed E-state index contributed by atoms with van der Waals surface area (Å²) in [6.07, 6.45) is 5.68. The molecule has 0 atom stereocenters. The van der Waals surface area contributed by atoms with Gasteiger partial charge in [0.05, 0.1) is 29.2 Å². The van der Waals surface area contributed by atoms with Crippen molar-refractivity contribution in [2.45, 2.75) is 5.03 Å². The lowest BCUT2D eigenvalue weighted by Gasteiger charge is -2.06. The molecule has 2 heterocycles. The Morgan fingerprint density at radius 1 is 1.11 bits per heavy atom. The molecule has 0 fully saturated rings. The van der Waals surface area contributed by atoms with Crippen molar-refractivity contribution in [2.75, 3.05) is 4.72 Å². The van der Waals surface area contributed by atoms with Gasteiger partial charge in [-0.3, -0.25) is 14.7 Å². The Hall–Kier alpha value is -2.48. The quantitative estimate of drug-likeness (QED) is 0.746. The maximum Gasteiger partial charge on any atom is 0.278 e. The number of fused-ring (bicyclic) bond motifs is 1. The minimum atomic E-state index is -3.65. The first kappa shape index (κ1) is 11.6. The first-order chi connectivity index (χ1) is 9.15. The number of benzene rings is 1. The third-order valence-corrected chi connectivity index (χ3v) is 3.79. The predicted molar refractivity (Wildman–Crippen MR) is 68.9 cm³/mol. The van der Waals surface area contributed by atoms with Gasteiger partial charge in [0.1, 0.15) is 0 Å². The van der Waals surface area contributed by atoms with Crippen molar-refractivity contribution in [3.8, 4) is 0 Å². The molecule has 2 aromatic heterocycles. The van der Waals surface area contributed by atoms with Crippen molar-refractivity contribution < 1.29 is 8.42 Å². The van der Waals surface area contributed by atoms with Gasteiger partial charge >= 0.3 is 0 Å². The summed E-state index contributed by atoms with van der Waals surface area (Å²) in [6.45, 7) is 0. The van der Waals surface area contributed by atoms with Gasteiger partial charge in [0.15, 0.2) is 5.03 Å². The van der Waals surface area contributed by atoms with Gasteiger partial charge in [0.25, 0.3) is 10.0 Å². The maximum absolute atomic E-state index is 12.0. The van der Waals surface area contributed by atoms with Crippen LogP contribution in [0.5, 0.6) is 0 Å². The summed E-state index contributed by atoms with van der Waals surface area (Å²) < 4.78 is 26.4. The summed E-state index contributed by atoms with van der Waals surface area (Å²) in [7, 11) is -3.65. The van der Waals surface area contributed by atoms with Crippen LogP contribution in [0.15, 0.2) is 48.1 Å². The first-order valence-corrected chi connectivity index (χ1v) is 6.85. The van der Waals surface area contributed by atoms with Crippen LogP contribution in [-0.4, -0.2) is 28.4 Å². The molecule has 0 aliphatic rings. The summed E-state index contributed by atoms with van der Waals surface area (Å²) in [6, 6.07) is 4.95. The summed E-state index contributed by atoms with van der Waals surface area (Å²) in [5, 5.41) is 0.00624. The van der Waals surface area contributed by atoms with Crippen LogP contribution in [0.1, 0.15) is 0 Å². The van der Waals surface area contributed by atoms with Crippen LogP contribution in [0.25, 0.3) is 11.0 Å². The minimum Gasteiger partial charge on any atom is -0.334 e. The fourth-order valence-corrected chi connectivity index (χ4v) is 2.58. The van der Waals surface area contributed by atoms with Crippen molar-refractivity contribution in [1.29, 1.82) is 0 Å². The molecule has 3 aromatic rings. The van der Waals surface area contributed by atoms with Gasteiger partial charge in [-0.1, -0.05) is 0 Å². The lowest BCUT2D eigenvalue weighted by molar-refractivity contribution is 0.598. The number of anilines is 1. The number of aromatic nitrogens is 4. The average molecular weight is 275 g/mol. The summed E-state index contributed by atoms with van der Waals surface area (Å²) >= 11 is 0. The van der Waals surface area contributed by atoms with Gasteiger partial charge in [-0.25, -0.2) is 4.98 Å². The van der Waals surface area contributed by atoms with Gasteiger partial charge in [0, 0.05) is 12.4 Å². The van der Waals surface area contributed by atoms with E-state index in [2.05, 4.69) is 24.7 Å². The molecule has 1 aromatic carbocycles. The van der Waals surface area contributed by atoms with Crippen LogP contribution < -0.4 is 4.72 Å². The van der Waals surface area contributed by atoms with Gasteiger partial charge in [-0.15, -0.1) is 0 Å². The SMILES string of the molecule is O=S(=O)(Nc1ccc2nccnc2c1)c1cnc[nH]1. The van der Waals surface area contributed by atoms with Crippen LogP contribution in [0.3, 0.4) is 0 Å². The van der Waals surface area contributed by atoms with E-state index in [0.717, 1.165) is 0 Å². The molecule has 0 saturated heterocycles. The third kappa shape index (κ3) is 2.25. The van der Waals surface area contributed by atoms with E-state index in [0.29, 0.717) is 16.7 Å². The van der Waals surface area contributed by atoms with E-state index in [1.54, 1.807) is 30.6 Å². The fraction of sp³-hybridized carbons (Fsp3) is 0. The highest BCUT2D eigenvalue weighted by molar-refractivity contribution is 7.92. The van der Waals surface area contributed by atoms with Crippen molar-refractivity contribution in [2.24, 2.45) is 0 Å². The van der Waals surface area contributed by atoms with E-state index < -0.39 is 10.0 Å². The van der Waals surface area contributed by atoms with Crippen molar-refractivity contribution in [1.82, 2.24) is 19.9 Å². The molecule has 0 aliphatic heterocycles. The van der Waals surface area contributed by atoms with Crippen LogP contribution in [0.4, 0.5) is 5.69 Å². The largest absolute Gasteiger partial charge is 0.334 e. The van der Waals surface area contributed by atoms with Gasteiger partial charge in [-0.05, 0) is 18.2 Å². The molecular formula is C11H9N5O2S. The average Bonchev–Trinajstić information content (AvgIpc) is 2.93. The Balaban J connectivity index is 1.98. The zero-order chi connectivity index (χ0) is 13.3. The standard InChI is InChI=1S/C11H9N5O2S/c17-19(18,11-6-12-7-15-11)16-8-1-2-9-10(5-8)14-4-3-13-9/h1-7,16H,(H,12,15). The summed E-state index contributed by atoms with van der Waals surface area (Å²) in [5.74, 6) is 0. The predicted octanol–water partition coefficient (Wildman–Crippen LogP) is 1.15. The van der Waals surface area contributed by atoms with Crippen LogP contribution >= 0.6 is 0 Å². The van der Waals surface area contributed by atoms with E-state index in [-0.39, 0.29) is 5.03 Å².